The van der Waals surface area contributed by atoms with Gasteiger partial charge in [0.1, 0.15) is 0 Å². The largest absolute Gasteiger partial charge is 0.311 e. The van der Waals surface area contributed by atoms with E-state index in [9.17, 15) is 0 Å². The van der Waals surface area contributed by atoms with Crippen LogP contribution in [0.25, 0.3) is 0 Å². The molecule has 1 aliphatic carbocycles. The number of nitrogens with zero attached hydrogens (tertiary/aromatic N) is 1. The average molecular weight is 295 g/mol. The van der Waals surface area contributed by atoms with E-state index in [0.717, 1.165) is 30.0 Å². The van der Waals surface area contributed by atoms with Crippen LogP contribution in [-0.4, -0.2) is 36.1 Å². The predicted molar refractivity (Wildman–Crippen MR) is 92.7 cm³/mol. The Morgan fingerprint density at radius 1 is 1.00 bits per heavy atom. The van der Waals surface area contributed by atoms with Crippen LogP contribution >= 0.6 is 0 Å². The lowest BCUT2D eigenvalue weighted by atomic mass is 9.81. The van der Waals surface area contributed by atoms with Gasteiger partial charge >= 0.3 is 0 Å². The molecular formula is C19H38N2. The van der Waals surface area contributed by atoms with Crippen molar-refractivity contribution >= 4 is 0 Å². The maximum Gasteiger partial charge on any atom is 0.0249 e. The SMILES string of the molecule is CCC(C)C1CNC(C2CCCCC2)CN1C(CC)CC. The zero-order chi connectivity index (χ0) is 15.2. The molecule has 2 fully saturated rings. The van der Waals surface area contributed by atoms with Gasteiger partial charge in [0.2, 0.25) is 0 Å². The molecule has 0 aromatic heterocycles. The van der Waals surface area contributed by atoms with Gasteiger partial charge in [-0.15, -0.1) is 0 Å². The van der Waals surface area contributed by atoms with E-state index < -0.39 is 0 Å². The molecular weight excluding hydrogens is 256 g/mol. The number of hydrogen-bond acceptors (Lipinski definition) is 2. The maximum absolute atomic E-state index is 3.95. The first-order valence-corrected chi connectivity index (χ1v) is 9.70. The van der Waals surface area contributed by atoms with Crippen molar-refractivity contribution in [1.82, 2.24) is 10.2 Å². The van der Waals surface area contributed by atoms with E-state index in [1.165, 1.54) is 64.5 Å². The zero-order valence-corrected chi connectivity index (χ0v) is 14.9. The highest BCUT2D eigenvalue weighted by Crippen LogP contribution is 2.31. The van der Waals surface area contributed by atoms with Crippen LogP contribution in [0.4, 0.5) is 0 Å². The minimum Gasteiger partial charge on any atom is -0.311 e. The van der Waals surface area contributed by atoms with E-state index in [2.05, 4.69) is 37.9 Å². The number of nitrogens with one attached hydrogen (secondary N) is 1. The second kappa shape index (κ2) is 8.53. The van der Waals surface area contributed by atoms with Gasteiger partial charge in [-0.2, -0.15) is 0 Å². The molecule has 0 aromatic rings. The summed E-state index contributed by atoms with van der Waals surface area (Å²) in [6.45, 7) is 12.1. The molecule has 2 heteroatoms. The summed E-state index contributed by atoms with van der Waals surface area (Å²) < 4.78 is 0. The first-order valence-electron chi connectivity index (χ1n) is 9.70. The van der Waals surface area contributed by atoms with Crippen LogP contribution in [0, 0.1) is 11.8 Å². The second-order valence-electron chi connectivity index (χ2n) is 7.53. The molecule has 2 aliphatic rings. The lowest BCUT2D eigenvalue weighted by Crippen LogP contribution is -2.62. The summed E-state index contributed by atoms with van der Waals surface area (Å²) in [5.74, 6) is 1.75. The molecule has 1 aliphatic heterocycles. The number of hydrogen-bond donors (Lipinski definition) is 1. The number of rotatable bonds is 6. The van der Waals surface area contributed by atoms with Gasteiger partial charge in [0.25, 0.3) is 0 Å². The molecule has 124 valence electrons. The Labute approximate surface area is 133 Å². The Kier molecular flexibility index (Phi) is 7.01. The van der Waals surface area contributed by atoms with Gasteiger partial charge in [0.15, 0.2) is 0 Å². The van der Waals surface area contributed by atoms with Gasteiger partial charge in [-0.1, -0.05) is 53.4 Å². The third-order valence-electron chi connectivity index (χ3n) is 6.35. The summed E-state index contributed by atoms with van der Waals surface area (Å²) >= 11 is 0. The molecule has 2 nitrogen and oxygen atoms in total. The minimum absolute atomic E-state index is 0.750. The van der Waals surface area contributed by atoms with Crippen molar-refractivity contribution in [3.05, 3.63) is 0 Å². The molecule has 1 saturated heterocycles. The van der Waals surface area contributed by atoms with Crippen molar-refractivity contribution in [3.8, 4) is 0 Å². The van der Waals surface area contributed by atoms with E-state index >= 15 is 0 Å². The lowest BCUT2D eigenvalue weighted by molar-refractivity contribution is 0.0288. The molecule has 1 N–H and O–H groups in total. The standard InChI is InChI=1S/C19H38N2/c1-5-15(4)19-13-20-18(16-11-9-8-10-12-16)14-21(19)17(6-2)7-3/h15-20H,5-14H2,1-4H3. The molecule has 0 aromatic carbocycles. The van der Waals surface area contributed by atoms with Crippen molar-refractivity contribution in [2.24, 2.45) is 11.8 Å². The van der Waals surface area contributed by atoms with Crippen LogP contribution in [0.15, 0.2) is 0 Å². The summed E-state index contributed by atoms with van der Waals surface area (Å²) in [6.07, 6.45) is 11.2. The van der Waals surface area contributed by atoms with E-state index in [1.54, 1.807) is 0 Å². The van der Waals surface area contributed by atoms with Crippen molar-refractivity contribution in [1.29, 1.82) is 0 Å². The van der Waals surface area contributed by atoms with Crippen LogP contribution < -0.4 is 5.32 Å². The summed E-state index contributed by atoms with van der Waals surface area (Å²) in [5.41, 5.74) is 0. The summed E-state index contributed by atoms with van der Waals surface area (Å²) in [6, 6.07) is 2.29. The highest BCUT2D eigenvalue weighted by atomic mass is 15.3. The summed E-state index contributed by atoms with van der Waals surface area (Å²) in [4.78, 5) is 2.89. The van der Waals surface area contributed by atoms with Gasteiger partial charge in [0, 0.05) is 31.2 Å². The smallest absolute Gasteiger partial charge is 0.0249 e. The third-order valence-corrected chi connectivity index (χ3v) is 6.35. The van der Waals surface area contributed by atoms with Crippen molar-refractivity contribution in [2.75, 3.05) is 13.1 Å². The molecule has 3 unspecified atom stereocenters. The van der Waals surface area contributed by atoms with Gasteiger partial charge < -0.3 is 5.32 Å². The molecule has 0 amide bonds. The van der Waals surface area contributed by atoms with Crippen LogP contribution in [0.5, 0.6) is 0 Å². The second-order valence-corrected chi connectivity index (χ2v) is 7.53. The van der Waals surface area contributed by atoms with Gasteiger partial charge in [-0.3, -0.25) is 4.90 Å². The van der Waals surface area contributed by atoms with Crippen molar-refractivity contribution in [3.63, 3.8) is 0 Å². The molecule has 2 rings (SSSR count). The zero-order valence-electron chi connectivity index (χ0n) is 14.9. The Hall–Kier alpha value is -0.0800. The molecule has 0 spiro atoms. The average Bonchev–Trinajstić information content (AvgIpc) is 2.56. The molecule has 1 heterocycles. The molecule has 0 radical (unpaired) electrons. The van der Waals surface area contributed by atoms with Crippen LogP contribution in [0.2, 0.25) is 0 Å². The highest BCUT2D eigenvalue weighted by molar-refractivity contribution is 4.94. The van der Waals surface area contributed by atoms with Crippen LogP contribution in [-0.2, 0) is 0 Å². The fourth-order valence-corrected chi connectivity index (χ4v) is 4.65. The van der Waals surface area contributed by atoms with E-state index in [1.807, 2.05) is 0 Å². The maximum atomic E-state index is 3.95. The molecule has 0 bridgehead atoms. The quantitative estimate of drug-likeness (QED) is 0.779. The Bertz CT molecular complexity index is 281. The van der Waals surface area contributed by atoms with E-state index in [4.69, 9.17) is 0 Å². The number of piperazine rings is 1. The predicted octanol–water partition coefficient (Wildman–Crippen LogP) is 4.44. The van der Waals surface area contributed by atoms with Gasteiger partial charge in [-0.05, 0) is 37.5 Å². The highest BCUT2D eigenvalue weighted by Gasteiger charge is 2.36. The Balaban J connectivity index is 2.04. The van der Waals surface area contributed by atoms with Crippen molar-refractivity contribution < 1.29 is 0 Å². The first-order chi connectivity index (χ1) is 10.2. The third kappa shape index (κ3) is 4.22. The fraction of sp³-hybridized carbons (Fsp3) is 1.00. The summed E-state index contributed by atoms with van der Waals surface area (Å²) in [5, 5.41) is 3.95. The van der Waals surface area contributed by atoms with E-state index in [-0.39, 0.29) is 0 Å². The topological polar surface area (TPSA) is 15.3 Å². The Morgan fingerprint density at radius 2 is 1.67 bits per heavy atom. The van der Waals surface area contributed by atoms with Crippen LogP contribution in [0.3, 0.4) is 0 Å². The Morgan fingerprint density at radius 3 is 2.24 bits per heavy atom. The minimum atomic E-state index is 0.750. The van der Waals surface area contributed by atoms with Gasteiger partial charge in [0.05, 0.1) is 0 Å². The molecule has 3 atom stereocenters. The normalized spacial score (nSPS) is 30.7. The van der Waals surface area contributed by atoms with Crippen molar-refractivity contribution in [2.45, 2.75) is 97.2 Å². The van der Waals surface area contributed by atoms with E-state index in [0.29, 0.717) is 0 Å². The van der Waals surface area contributed by atoms with Gasteiger partial charge in [-0.25, -0.2) is 0 Å². The first kappa shape index (κ1) is 17.3. The summed E-state index contributed by atoms with van der Waals surface area (Å²) in [7, 11) is 0. The van der Waals surface area contributed by atoms with Crippen LogP contribution in [0.1, 0.15) is 79.1 Å². The fourth-order valence-electron chi connectivity index (χ4n) is 4.65. The lowest BCUT2D eigenvalue weighted by Gasteiger charge is -2.49. The molecule has 1 saturated carbocycles. The molecule has 21 heavy (non-hydrogen) atoms. The monoisotopic (exact) mass is 294 g/mol.